The van der Waals surface area contributed by atoms with Crippen molar-refractivity contribution in [2.75, 3.05) is 17.2 Å². The second-order valence-electron chi connectivity index (χ2n) is 1.92. The van der Waals surface area contributed by atoms with Gasteiger partial charge >= 0.3 is 7.82 Å². The van der Waals surface area contributed by atoms with Crippen LogP contribution in [0.2, 0.25) is 0 Å². The maximum Gasteiger partial charge on any atom is 0.466 e. The van der Waals surface area contributed by atoms with Crippen LogP contribution in [-0.4, -0.2) is 29.6 Å². The van der Waals surface area contributed by atoms with E-state index in [2.05, 4.69) is 15.0 Å². The molecule has 0 radical (unpaired) electrons. The Balaban J connectivity index is 0. The van der Waals surface area contributed by atoms with Crippen LogP contribution in [0.25, 0.3) is 0 Å². The lowest BCUT2D eigenvalue weighted by molar-refractivity contribution is 0.275. The molecule has 0 aliphatic heterocycles. The molecular formula is C3H12N7O4P. The third kappa shape index (κ3) is 12.5. The van der Waals surface area contributed by atoms with Crippen molar-refractivity contribution in [1.82, 2.24) is 21.1 Å². The molecule has 1 rings (SSSR count). The molecule has 0 aliphatic rings. The molecule has 0 aliphatic carbocycles. The average Bonchev–Trinajstić information content (AvgIpc) is 1.77. The van der Waals surface area contributed by atoms with Crippen molar-refractivity contribution in [3.05, 3.63) is 0 Å². The van der Waals surface area contributed by atoms with E-state index in [9.17, 15) is 0 Å². The van der Waals surface area contributed by atoms with Crippen molar-refractivity contribution in [3.63, 3.8) is 0 Å². The van der Waals surface area contributed by atoms with Crippen LogP contribution in [-0.2, 0) is 4.57 Å². The van der Waals surface area contributed by atoms with Gasteiger partial charge in [0.05, 0.1) is 0 Å². The summed E-state index contributed by atoms with van der Waals surface area (Å²) in [6.07, 6.45) is 0. The van der Waals surface area contributed by atoms with Crippen LogP contribution in [0.1, 0.15) is 0 Å². The zero-order valence-electron chi connectivity index (χ0n) is 7.48. The Morgan fingerprint density at radius 2 is 1.00 bits per heavy atom. The number of rotatable bonds is 0. The summed E-state index contributed by atoms with van der Waals surface area (Å²) in [6.45, 7) is 0. The molecule has 0 fully saturated rings. The molecule has 0 atom stereocenters. The van der Waals surface area contributed by atoms with Crippen molar-refractivity contribution in [2.24, 2.45) is 0 Å². The molecule has 1 heterocycles. The first kappa shape index (κ1) is 15.9. The largest absolute Gasteiger partial charge is 0.466 e. The molecule has 1 aromatic heterocycles. The van der Waals surface area contributed by atoms with E-state index in [4.69, 9.17) is 36.4 Å². The number of anilines is 3. The summed E-state index contributed by atoms with van der Waals surface area (Å²) in [5.41, 5.74) is 15.4. The normalized spacial score (nSPS) is 9.53. The predicted octanol–water partition coefficient (Wildman–Crippen LogP) is -2.15. The highest BCUT2D eigenvalue weighted by atomic mass is 31.2. The van der Waals surface area contributed by atoms with E-state index in [-0.39, 0.29) is 24.0 Å². The summed E-state index contributed by atoms with van der Waals surface area (Å²) in [5, 5.41) is 0. The van der Waals surface area contributed by atoms with Crippen molar-refractivity contribution < 1.29 is 19.2 Å². The van der Waals surface area contributed by atoms with Crippen LogP contribution in [0, 0.1) is 0 Å². The van der Waals surface area contributed by atoms with Gasteiger partial charge in [-0.25, -0.2) is 4.57 Å². The molecule has 1 aromatic rings. The topological polar surface area (TPSA) is 229 Å². The molecule has 0 amide bonds. The Hall–Kier alpha value is -1.52. The number of nitrogen functional groups attached to an aromatic ring is 3. The standard InChI is InChI=1S/C3H6N6.H3N.H3O4P/c4-1-7-2(5)9-3(6)8-1;;1-5(2,3)4/h(H6,4,5,6,7,8,9);1H3;(H3,1,2,3,4). The molecule has 0 saturated carbocycles. The first-order valence-electron chi connectivity index (χ1n) is 2.99. The predicted molar refractivity (Wildman–Crippen MR) is 52.3 cm³/mol. The van der Waals surface area contributed by atoms with Gasteiger partial charge in [-0.2, -0.15) is 15.0 Å². The van der Waals surface area contributed by atoms with E-state index in [1.807, 2.05) is 0 Å². The number of nitrogens with zero attached hydrogens (tertiary/aromatic N) is 3. The van der Waals surface area contributed by atoms with Crippen LogP contribution in [0.15, 0.2) is 0 Å². The summed E-state index contributed by atoms with van der Waals surface area (Å²) in [7, 11) is -4.64. The molecule has 0 bridgehead atoms. The molecule has 12 N–H and O–H groups in total. The summed E-state index contributed by atoms with van der Waals surface area (Å²) < 4.78 is 8.88. The molecule has 15 heavy (non-hydrogen) atoms. The molecule has 0 saturated heterocycles. The Labute approximate surface area is 84.2 Å². The SMILES string of the molecule is N.Nc1nc(N)nc(N)n1.O=P(O)(O)O. The maximum atomic E-state index is 8.88. The smallest absolute Gasteiger partial charge is 0.368 e. The molecule has 0 spiro atoms. The third-order valence-electron chi connectivity index (χ3n) is 0.687. The first-order chi connectivity index (χ1) is 6.18. The first-order valence-corrected chi connectivity index (χ1v) is 4.56. The fraction of sp³-hybridized carbons (Fsp3) is 0. The van der Waals surface area contributed by atoms with Gasteiger partial charge < -0.3 is 38.0 Å². The highest BCUT2D eigenvalue weighted by Crippen LogP contribution is 2.25. The van der Waals surface area contributed by atoms with Gasteiger partial charge in [0, 0.05) is 0 Å². The van der Waals surface area contributed by atoms with Gasteiger partial charge in [-0.15, -0.1) is 0 Å². The highest BCUT2D eigenvalue weighted by Gasteiger charge is 2.00. The fourth-order valence-electron chi connectivity index (χ4n) is 0.427. The summed E-state index contributed by atoms with van der Waals surface area (Å²) >= 11 is 0. The highest BCUT2D eigenvalue weighted by molar-refractivity contribution is 7.45. The van der Waals surface area contributed by atoms with Crippen LogP contribution in [0.5, 0.6) is 0 Å². The lowest BCUT2D eigenvalue weighted by Crippen LogP contribution is -2.05. The quantitative estimate of drug-likeness (QED) is 0.242. The van der Waals surface area contributed by atoms with Gasteiger partial charge in [0.25, 0.3) is 0 Å². The summed E-state index contributed by atoms with van der Waals surface area (Å²) in [6, 6.07) is 0. The monoisotopic (exact) mass is 241 g/mol. The van der Waals surface area contributed by atoms with Crippen LogP contribution in [0.4, 0.5) is 17.8 Å². The fourth-order valence-corrected chi connectivity index (χ4v) is 0.427. The third-order valence-corrected chi connectivity index (χ3v) is 0.687. The lowest BCUT2D eigenvalue weighted by atomic mass is 10.9. The molecule has 12 heteroatoms. The average molecular weight is 241 g/mol. The lowest BCUT2D eigenvalue weighted by Gasteiger charge is -1.93. The molecule has 0 aromatic carbocycles. The van der Waals surface area contributed by atoms with Gasteiger partial charge in [-0.05, 0) is 0 Å². The van der Waals surface area contributed by atoms with E-state index in [1.165, 1.54) is 0 Å². The minimum absolute atomic E-state index is 0. The van der Waals surface area contributed by atoms with Gasteiger partial charge in [0.15, 0.2) is 0 Å². The minimum Gasteiger partial charge on any atom is -0.368 e. The zero-order valence-corrected chi connectivity index (χ0v) is 8.37. The van der Waals surface area contributed by atoms with Gasteiger partial charge in [-0.1, -0.05) is 0 Å². The number of hydrogen-bond donors (Lipinski definition) is 7. The van der Waals surface area contributed by atoms with Crippen molar-refractivity contribution in [2.45, 2.75) is 0 Å². The van der Waals surface area contributed by atoms with Gasteiger partial charge in [-0.3, -0.25) is 0 Å². The Morgan fingerprint density at radius 1 is 0.867 bits per heavy atom. The van der Waals surface area contributed by atoms with Crippen molar-refractivity contribution in [3.8, 4) is 0 Å². The molecule has 11 nitrogen and oxygen atoms in total. The Morgan fingerprint density at radius 3 is 1.13 bits per heavy atom. The molecule has 88 valence electrons. The van der Waals surface area contributed by atoms with Gasteiger partial charge in [0.2, 0.25) is 17.8 Å². The Bertz CT molecular complexity index is 293. The van der Waals surface area contributed by atoms with E-state index in [1.54, 1.807) is 0 Å². The second-order valence-corrected chi connectivity index (χ2v) is 2.95. The van der Waals surface area contributed by atoms with Gasteiger partial charge in [0.1, 0.15) is 0 Å². The number of hydrogen-bond acceptors (Lipinski definition) is 8. The van der Waals surface area contributed by atoms with Crippen molar-refractivity contribution >= 4 is 25.7 Å². The van der Waals surface area contributed by atoms with E-state index < -0.39 is 7.82 Å². The van der Waals surface area contributed by atoms with E-state index >= 15 is 0 Å². The van der Waals surface area contributed by atoms with Crippen molar-refractivity contribution in [1.29, 1.82) is 0 Å². The second kappa shape index (κ2) is 6.06. The van der Waals surface area contributed by atoms with E-state index in [0.29, 0.717) is 0 Å². The number of nitrogens with two attached hydrogens (primary N) is 3. The number of aromatic nitrogens is 3. The number of phosphoric acid groups is 1. The van der Waals surface area contributed by atoms with E-state index in [0.717, 1.165) is 0 Å². The molecule has 0 unspecified atom stereocenters. The van der Waals surface area contributed by atoms with Crippen LogP contribution >= 0.6 is 7.82 Å². The van der Waals surface area contributed by atoms with Crippen LogP contribution < -0.4 is 23.4 Å². The summed E-state index contributed by atoms with van der Waals surface area (Å²) in [4.78, 5) is 32.0. The Kier molecular flexibility index (Phi) is 6.43. The minimum atomic E-state index is -4.64. The maximum absolute atomic E-state index is 8.88. The molecular weight excluding hydrogens is 229 g/mol. The van der Waals surface area contributed by atoms with Crippen LogP contribution in [0.3, 0.4) is 0 Å². The zero-order chi connectivity index (χ0) is 11.4. The summed E-state index contributed by atoms with van der Waals surface area (Å²) in [5.74, 6) is 0.125.